The highest BCUT2D eigenvalue weighted by Gasteiger charge is 2.13. The molecule has 16 heavy (non-hydrogen) atoms. The molecule has 0 spiro atoms. The van der Waals surface area contributed by atoms with Crippen molar-refractivity contribution in [3.8, 4) is 5.75 Å². The molecular weight excluding hydrogens is 204 g/mol. The first-order valence-electron chi connectivity index (χ1n) is 5.46. The van der Waals surface area contributed by atoms with Crippen LogP contribution in [0, 0.1) is 6.92 Å². The number of phenols is 1. The second-order valence-corrected chi connectivity index (χ2v) is 3.87. The van der Waals surface area contributed by atoms with E-state index in [1.165, 1.54) is 0 Å². The number of ether oxygens (including phenoxy) is 2. The average molecular weight is 224 g/mol. The third-order valence-corrected chi connectivity index (χ3v) is 2.81. The van der Waals surface area contributed by atoms with Crippen molar-refractivity contribution < 1.29 is 14.6 Å². The molecule has 0 fully saturated rings. The Morgan fingerprint density at radius 3 is 2.19 bits per heavy atom. The minimum atomic E-state index is 0.379. The lowest BCUT2D eigenvalue weighted by atomic mass is 9.96. The zero-order valence-corrected chi connectivity index (χ0v) is 10.5. The van der Waals surface area contributed by atoms with Gasteiger partial charge in [-0.15, -0.1) is 0 Å². The molecule has 0 amide bonds. The van der Waals surface area contributed by atoms with Crippen LogP contribution < -0.4 is 0 Å². The van der Waals surface area contributed by atoms with Crippen molar-refractivity contribution in [2.75, 3.05) is 14.2 Å². The van der Waals surface area contributed by atoms with Crippen LogP contribution in [0.5, 0.6) is 5.75 Å². The smallest absolute Gasteiger partial charge is 0.122 e. The van der Waals surface area contributed by atoms with Gasteiger partial charge in [0.2, 0.25) is 0 Å². The van der Waals surface area contributed by atoms with Crippen molar-refractivity contribution in [2.45, 2.75) is 33.5 Å². The van der Waals surface area contributed by atoms with Gasteiger partial charge in [-0.3, -0.25) is 0 Å². The second kappa shape index (κ2) is 5.87. The summed E-state index contributed by atoms with van der Waals surface area (Å²) < 4.78 is 10.3. The molecule has 0 aliphatic carbocycles. The minimum Gasteiger partial charge on any atom is -0.507 e. The van der Waals surface area contributed by atoms with Crippen molar-refractivity contribution in [3.05, 3.63) is 28.3 Å². The van der Waals surface area contributed by atoms with Gasteiger partial charge in [-0.25, -0.2) is 0 Å². The van der Waals surface area contributed by atoms with Crippen LogP contribution in [0.25, 0.3) is 0 Å². The summed E-state index contributed by atoms with van der Waals surface area (Å²) in [4.78, 5) is 0. The SMILES string of the molecule is CCc1c(COC)cc(COC)c(C)c1O. The Kier molecular flexibility index (Phi) is 4.77. The maximum Gasteiger partial charge on any atom is 0.122 e. The van der Waals surface area contributed by atoms with Crippen molar-refractivity contribution in [3.63, 3.8) is 0 Å². The number of methoxy groups -OCH3 is 2. The fourth-order valence-electron chi connectivity index (χ4n) is 1.92. The fourth-order valence-corrected chi connectivity index (χ4v) is 1.92. The molecule has 0 aromatic heterocycles. The van der Waals surface area contributed by atoms with E-state index in [1.54, 1.807) is 14.2 Å². The summed E-state index contributed by atoms with van der Waals surface area (Å²) in [6.45, 7) is 4.98. The standard InChI is InChI=1S/C13H20O3/c1-5-12-11(8-16-4)6-10(7-15-3)9(2)13(12)14/h6,14H,5,7-8H2,1-4H3. The lowest BCUT2D eigenvalue weighted by Gasteiger charge is -2.15. The van der Waals surface area contributed by atoms with Gasteiger partial charge in [-0.2, -0.15) is 0 Å². The zero-order chi connectivity index (χ0) is 12.1. The third kappa shape index (κ3) is 2.54. The summed E-state index contributed by atoms with van der Waals surface area (Å²) in [5.41, 5.74) is 3.93. The second-order valence-electron chi connectivity index (χ2n) is 3.87. The molecule has 0 heterocycles. The van der Waals surface area contributed by atoms with Gasteiger partial charge >= 0.3 is 0 Å². The highest BCUT2D eigenvalue weighted by Crippen LogP contribution is 2.30. The van der Waals surface area contributed by atoms with Crippen LogP contribution in [0.3, 0.4) is 0 Å². The number of hydrogen-bond donors (Lipinski definition) is 1. The van der Waals surface area contributed by atoms with E-state index in [9.17, 15) is 5.11 Å². The molecule has 0 aliphatic heterocycles. The van der Waals surface area contributed by atoms with Gasteiger partial charge in [0, 0.05) is 14.2 Å². The summed E-state index contributed by atoms with van der Waals surface area (Å²) in [5.74, 6) is 0.379. The predicted octanol–water partition coefficient (Wildman–Crippen LogP) is 2.56. The Morgan fingerprint density at radius 1 is 1.12 bits per heavy atom. The van der Waals surface area contributed by atoms with E-state index in [0.29, 0.717) is 19.0 Å². The van der Waals surface area contributed by atoms with E-state index in [4.69, 9.17) is 9.47 Å². The molecule has 0 saturated carbocycles. The number of hydrogen-bond acceptors (Lipinski definition) is 3. The number of phenolic OH excluding ortho intramolecular Hbond substituents is 1. The third-order valence-electron chi connectivity index (χ3n) is 2.81. The Morgan fingerprint density at radius 2 is 1.69 bits per heavy atom. The van der Waals surface area contributed by atoms with E-state index >= 15 is 0 Å². The fraction of sp³-hybridized carbons (Fsp3) is 0.538. The van der Waals surface area contributed by atoms with Gasteiger partial charge in [0.05, 0.1) is 13.2 Å². The molecule has 0 radical (unpaired) electrons. The largest absolute Gasteiger partial charge is 0.507 e. The van der Waals surface area contributed by atoms with Gasteiger partial charge in [0.1, 0.15) is 5.75 Å². The molecule has 0 saturated heterocycles. The van der Waals surface area contributed by atoms with Crippen molar-refractivity contribution >= 4 is 0 Å². The molecule has 0 aliphatic rings. The van der Waals surface area contributed by atoms with Crippen LogP contribution in [-0.4, -0.2) is 19.3 Å². The number of rotatable bonds is 5. The minimum absolute atomic E-state index is 0.379. The number of benzene rings is 1. The summed E-state index contributed by atoms with van der Waals surface area (Å²) in [6.07, 6.45) is 0.804. The van der Waals surface area contributed by atoms with Crippen LogP contribution >= 0.6 is 0 Å². The Hall–Kier alpha value is -1.06. The topological polar surface area (TPSA) is 38.7 Å². The summed E-state index contributed by atoms with van der Waals surface area (Å²) in [6, 6.07) is 2.06. The summed E-state index contributed by atoms with van der Waals surface area (Å²) in [5, 5.41) is 10.1. The van der Waals surface area contributed by atoms with Crippen LogP contribution in [0.2, 0.25) is 0 Å². The normalized spacial score (nSPS) is 10.8. The maximum atomic E-state index is 10.1. The molecule has 0 atom stereocenters. The molecule has 0 bridgehead atoms. The van der Waals surface area contributed by atoms with Crippen molar-refractivity contribution in [2.24, 2.45) is 0 Å². The van der Waals surface area contributed by atoms with E-state index in [1.807, 2.05) is 13.8 Å². The van der Waals surface area contributed by atoms with Gasteiger partial charge in [0.25, 0.3) is 0 Å². The van der Waals surface area contributed by atoms with Gasteiger partial charge in [0.15, 0.2) is 0 Å². The van der Waals surface area contributed by atoms with Gasteiger partial charge in [-0.1, -0.05) is 13.0 Å². The van der Waals surface area contributed by atoms with E-state index in [0.717, 1.165) is 28.7 Å². The van der Waals surface area contributed by atoms with Crippen LogP contribution in [0.15, 0.2) is 6.07 Å². The van der Waals surface area contributed by atoms with Crippen LogP contribution in [0.1, 0.15) is 29.2 Å². The molecule has 1 N–H and O–H groups in total. The van der Waals surface area contributed by atoms with Crippen molar-refractivity contribution in [1.29, 1.82) is 0 Å². The van der Waals surface area contributed by atoms with Gasteiger partial charge in [-0.05, 0) is 35.6 Å². The van der Waals surface area contributed by atoms with Crippen LogP contribution in [0.4, 0.5) is 0 Å². The van der Waals surface area contributed by atoms with E-state index in [-0.39, 0.29) is 0 Å². The van der Waals surface area contributed by atoms with E-state index < -0.39 is 0 Å². The molecule has 3 nitrogen and oxygen atoms in total. The first kappa shape index (κ1) is 13.0. The molecule has 1 rings (SSSR count). The van der Waals surface area contributed by atoms with E-state index in [2.05, 4.69) is 6.07 Å². The summed E-state index contributed by atoms with van der Waals surface area (Å²) >= 11 is 0. The highest BCUT2D eigenvalue weighted by molar-refractivity contribution is 5.49. The van der Waals surface area contributed by atoms with Gasteiger partial charge < -0.3 is 14.6 Å². The zero-order valence-electron chi connectivity index (χ0n) is 10.5. The molecule has 0 unspecified atom stereocenters. The monoisotopic (exact) mass is 224 g/mol. The highest BCUT2D eigenvalue weighted by atomic mass is 16.5. The molecule has 1 aromatic carbocycles. The molecule has 90 valence electrons. The molecule has 3 heteroatoms. The predicted molar refractivity (Wildman–Crippen MR) is 63.6 cm³/mol. The molecular formula is C13H20O3. The first-order chi connectivity index (χ1) is 7.65. The van der Waals surface area contributed by atoms with Crippen molar-refractivity contribution in [1.82, 2.24) is 0 Å². The molecule has 1 aromatic rings. The first-order valence-corrected chi connectivity index (χ1v) is 5.46. The maximum absolute atomic E-state index is 10.1. The Labute approximate surface area is 97.0 Å². The summed E-state index contributed by atoms with van der Waals surface area (Å²) in [7, 11) is 3.31. The Bertz CT molecular complexity index is 359. The lowest BCUT2D eigenvalue weighted by Crippen LogP contribution is -2.02. The van der Waals surface area contributed by atoms with Crippen LogP contribution in [-0.2, 0) is 29.1 Å². The quantitative estimate of drug-likeness (QED) is 0.835. The lowest BCUT2D eigenvalue weighted by molar-refractivity contribution is 0.178. The Balaban J connectivity index is 3.25. The number of aromatic hydroxyl groups is 1. The average Bonchev–Trinajstić information content (AvgIpc) is 2.27.